The number of nitrogens with two attached hydrogens (primary N) is 1. The van der Waals surface area contributed by atoms with Gasteiger partial charge in [-0.05, 0) is 18.7 Å². The first-order valence-corrected chi connectivity index (χ1v) is 4.86. The molecule has 0 radical (unpaired) electrons. The normalized spacial score (nSPS) is 10.2. The van der Waals surface area contributed by atoms with Crippen LogP contribution in [0.1, 0.15) is 17.3 Å². The minimum atomic E-state index is -0.683. The molecule has 1 amide bonds. The number of primary amides is 1. The third-order valence-corrected chi connectivity index (χ3v) is 2.07. The first-order valence-electron chi connectivity index (χ1n) is 4.86. The molecule has 0 unspecified atom stereocenters. The molecule has 15 heavy (non-hydrogen) atoms. The van der Waals surface area contributed by atoms with Gasteiger partial charge in [-0.25, -0.2) is 0 Å². The fraction of sp³-hybridized carbons (Fsp3) is 0.400. The van der Waals surface area contributed by atoms with Crippen LogP contribution in [0.4, 0.5) is 0 Å². The second-order valence-corrected chi connectivity index (χ2v) is 3.14. The Kier molecular flexibility index (Phi) is 4.05. The van der Waals surface area contributed by atoms with Crippen LogP contribution in [0.25, 0.3) is 0 Å². The summed E-state index contributed by atoms with van der Waals surface area (Å²) < 4.78 is 1.47. The number of rotatable bonds is 5. The number of carbonyl (C=O) groups is 1. The molecule has 0 aromatic carbocycles. The number of likely N-dealkylation sites (N-methyl/N-ethyl adjacent to an activating group) is 1. The summed E-state index contributed by atoms with van der Waals surface area (Å²) in [7, 11) is 0. The molecule has 0 saturated heterocycles. The van der Waals surface area contributed by atoms with Gasteiger partial charge in [0, 0.05) is 19.3 Å². The molecule has 82 valence electrons. The molecule has 0 saturated carbocycles. The Morgan fingerprint density at radius 2 is 2.33 bits per heavy atom. The lowest BCUT2D eigenvalue weighted by Gasteiger charge is -2.06. The number of pyridine rings is 1. The summed E-state index contributed by atoms with van der Waals surface area (Å²) in [5, 5.41) is 3.10. The topological polar surface area (TPSA) is 77.1 Å². The summed E-state index contributed by atoms with van der Waals surface area (Å²) in [5.41, 5.74) is 4.78. The second-order valence-electron chi connectivity index (χ2n) is 3.14. The Balaban J connectivity index is 2.85. The molecular weight excluding hydrogens is 194 g/mol. The van der Waals surface area contributed by atoms with Crippen molar-refractivity contribution in [2.75, 3.05) is 13.1 Å². The first-order chi connectivity index (χ1) is 7.16. The maximum Gasteiger partial charge on any atom is 0.263 e. The molecule has 0 aliphatic carbocycles. The third-order valence-electron chi connectivity index (χ3n) is 2.07. The van der Waals surface area contributed by atoms with Crippen molar-refractivity contribution in [3.8, 4) is 0 Å². The van der Waals surface area contributed by atoms with Gasteiger partial charge in [0.1, 0.15) is 5.56 Å². The number of carbonyl (C=O) groups excluding carboxylic acids is 1. The summed E-state index contributed by atoms with van der Waals surface area (Å²) >= 11 is 0. The maximum atomic E-state index is 11.6. The highest BCUT2D eigenvalue weighted by atomic mass is 16.2. The van der Waals surface area contributed by atoms with Gasteiger partial charge in [0.15, 0.2) is 0 Å². The molecule has 0 aliphatic rings. The molecule has 1 heterocycles. The zero-order chi connectivity index (χ0) is 11.3. The predicted molar refractivity (Wildman–Crippen MR) is 57.8 cm³/mol. The number of hydrogen-bond acceptors (Lipinski definition) is 3. The molecule has 0 spiro atoms. The molecule has 1 aromatic rings. The van der Waals surface area contributed by atoms with E-state index >= 15 is 0 Å². The van der Waals surface area contributed by atoms with Crippen molar-refractivity contribution in [2.24, 2.45) is 5.73 Å². The van der Waals surface area contributed by atoms with Crippen LogP contribution in [-0.2, 0) is 6.54 Å². The van der Waals surface area contributed by atoms with Crippen molar-refractivity contribution in [3.63, 3.8) is 0 Å². The van der Waals surface area contributed by atoms with Crippen molar-refractivity contribution in [3.05, 3.63) is 34.2 Å². The zero-order valence-corrected chi connectivity index (χ0v) is 8.69. The quantitative estimate of drug-likeness (QED) is 0.645. The van der Waals surface area contributed by atoms with Crippen molar-refractivity contribution in [2.45, 2.75) is 13.5 Å². The lowest BCUT2D eigenvalue weighted by atomic mass is 10.2. The lowest BCUT2D eigenvalue weighted by Crippen LogP contribution is -2.31. The summed E-state index contributed by atoms with van der Waals surface area (Å²) in [5.74, 6) is -0.683. The predicted octanol–water partition coefficient (Wildman–Crippen LogP) is -0.443. The molecular formula is C10H15N3O2. The van der Waals surface area contributed by atoms with Crippen LogP contribution in [0.2, 0.25) is 0 Å². The van der Waals surface area contributed by atoms with E-state index in [1.165, 1.54) is 10.6 Å². The van der Waals surface area contributed by atoms with E-state index < -0.39 is 5.91 Å². The van der Waals surface area contributed by atoms with Crippen LogP contribution in [0.3, 0.4) is 0 Å². The van der Waals surface area contributed by atoms with Gasteiger partial charge in [0.05, 0.1) is 0 Å². The average Bonchev–Trinajstić information content (AvgIpc) is 2.20. The zero-order valence-electron chi connectivity index (χ0n) is 8.69. The number of amides is 1. The van der Waals surface area contributed by atoms with Gasteiger partial charge in [0.25, 0.3) is 11.5 Å². The highest BCUT2D eigenvalue weighted by molar-refractivity contribution is 5.92. The van der Waals surface area contributed by atoms with Crippen LogP contribution >= 0.6 is 0 Å². The highest BCUT2D eigenvalue weighted by Gasteiger charge is 2.07. The van der Waals surface area contributed by atoms with Gasteiger partial charge < -0.3 is 15.6 Å². The maximum absolute atomic E-state index is 11.6. The summed E-state index contributed by atoms with van der Waals surface area (Å²) in [4.78, 5) is 22.5. The summed E-state index contributed by atoms with van der Waals surface area (Å²) in [6.07, 6.45) is 1.64. The SMILES string of the molecule is CCNCCn1cccc(C(N)=O)c1=O. The van der Waals surface area contributed by atoms with Crippen LogP contribution in [0.5, 0.6) is 0 Å². The molecule has 0 atom stereocenters. The number of hydrogen-bond donors (Lipinski definition) is 2. The Morgan fingerprint density at radius 1 is 1.60 bits per heavy atom. The van der Waals surface area contributed by atoms with E-state index in [1.807, 2.05) is 6.92 Å². The molecule has 0 bridgehead atoms. The fourth-order valence-corrected chi connectivity index (χ4v) is 1.28. The van der Waals surface area contributed by atoms with E-state index in [1.54, 1.807) is 12.3 Å². The minimum absolute atomic E-state index is 0.0361. The van der Waals surface area contributed by atoms with Crippen molar-refractivity contribution in [1.29, 1.82) is 0 Å². The van der Waals surface area contributed by atoms with Crippen molar-refractivity contribution < 1.29 is 4.79 Å². The Morgan fingerprint density at radius 3 is 2.93 bits per heavy atom. The smallest absolute Gasteiger partial charge is 0.263 e. The standard InChI is InChI=1S/C10H15N3O2/c1-2-12-5-7-13-6-3-4-8(9(11)14)10(13)15/h3-4,6,12H,2,5,7H2,1H3,(H2,11,14). The summed E-state index contributed by atoms with van der Waals surface area (Å²) in [6.45, 7) is 4.07. The van der Waals surface area contributed by atoms with Gasteiger partial charge in [0.2, 0.25) is 0 Å². The largest absolute Gasteiger partial charge is 0.365 e. The second kappa shape index (κ2) is 5.31. The van der Waals surface area contributed by atoms with Gasteiger partial charge in [-0.1, -0.05) is 6.92 Å². The van der Waals surface area contributed by atoms with Gasteiger partial charge in [-0.3, -0.25) is 9.59 Å². The monoisotopic (exact) mass is 209 g/mol. The molecule has 3 N–H and O–H groups in total. The average molecular weight is 209 g/mol. The molecule has 1 aromatic heterocycles. The van der Waals surface area contributed by atoms with Gasteiger partial charge >= 0.3 is 0 Å². The first kappa shape index (κ1) is 11.5. The Hall–Kier alpha value is -1.62. The Labute approximate surface area is 87.9 Å². The minimum Gasteiger partial charge on any atom is -0.365 e. The van der Waals surface area contributed by atoms with Gasteiger partial charge in [-0.2, -0.15) is 0 Å². The lowest BCUT2D eigenvalue weighted by molar-refractivity contribution is 0.0998. The molecule has 1 rings (SSSR count). The molecule has 0 fully saturated rings. The van der Waals surface area contributed by atoms with Crippen LogP contribution in [-0.4, -0.2) is 23.6 Å². The van der Waals surface area contributed by atoms with Crippen LogP contribution in [0.15, 0.2) is 23.1 Å². The van der Waals surface area contributed by atoms with Crippen LogP contribution < -0.4 is 16.6 Å². The molecule has 5 heteroatoms. The van der Waals surface area contributed by atoms with E-state index in [9.17, 15) is 9.59 Å². The van der Waals surface area contributed by atoms with Crippen molar-refractivity contribution in [1.82, 2.24) is 9.88 Å². The summed E-state index contributed by atoms with van der Waals surface area (Å²) in [6, 6.07) is 3.09. The van der Waals surface area contributed by atoms with E-state index in [-0.39, 0.29) is 11.1 Å². The van der Waals surface area contributed by atoms with E-state index in [0.717, 1.165) is 6.54 Å². The van der Waals surface area contributed by atoms with Crippen molar-refractivity contribution >= 4 is 5.91 Å². The molecule has 0 aliphatic heterocycles. The van der Waals surface area contributed by atoms with Crippen LogP contribution in [0, 0.1) is 0 Å². The van der Waals surface area contributed by atoms with E-state index in [2.05, 4.69) is 5.32 Å². The van der Waals surface area contributed by atoms with E-state index in [4.69, 9.17) is 5.73 Å². The number of nitrogens with zero attached hydrogens (tertiary/aromatic N) is 1. The number of nitrogens with one attached hydrogen (secondary N) is 1. The fourth-order valence-electron chi connectivity index (χ4n) is 1.28. The third kappa shape index (κ3) is 2.92. The van der Waals surface area contributed by atoms with Gasteiger partial charge in [-0.15, -0.1) is 0 Å². The Bertz CT molecular complexity index is 398. The highest BCUT2D eigenvalue weighted by Crippen LogP contribution is 1.90. The molecule has 5 nitrogen and oxygen atoms in total. The van der Waals surface area contributed by atoms with E-state index in [0.29, 0.717) is 13.1 Å². The number of aromatic nitrogens is 1.